The quantitative estimate of drug-likeness (QED) is 0.806. The lowest BCUT2D eigenvalue weighted by Crippen LogP contribution is -2.39. The number of hydrogen-bond acceptors (Lipinski definition) is 2. The molecule has 0 aromatic carbocycles. The Hall–Kier alpha value is 0.210. The molecule has 0 saturated carbocycles. The van der Waals surface area contributed by atoms with Crippen LogP contribution in [0, 0.1) is 11.8 Å². The van der Waals surface area contributed by atoms with E-state index in [0.29, 0.717) is 0 Å². The number of rotatable bonds is 2. The molecule has 2 aliphatic rings. The maximum atomic E-state index is 3.52. The molecule has 0 radical (unpaired) electrons. The Kier molecular flexibility index (Phi) is 6.71. The molecule has 0 aromatic rings. The highest BCUT2D eigenvalue weighted by Crippen LogP contribution is 2.18. The van der Waals surface area contributed by atoms with Gasteiger partial charge in [0, 0.05) is 13.1 Å². The van der Waals surface area contributed by atoms with Gasteiger partial charge in [-0.2, -0.15) is 0 Å². The lowest BCUT2D eigenvalue weighted by atomic mass is 9.98. The van der Waals surface area contributed by atoms with Crippen molar-refractivity contribution in [2.75, 3.05) is 32.7 Å². The average Bonchev–Trinajstić information content (AvgIpc) is 2.44. The zero-order valence-electron chi connectivity index (χ0n) is 10.6. The van der Waals surface area contributed by atoms with Crippen molar-refractivity contribution in [2.45, 2.75) is 39.0 Å². The van der Waals surface area contributed by atoms with Gasteiger partial charge in [-0.05, 0) is 57.2 Å². The minimum absolute atomic E-state index is 0. The first-order valence-electron chi connectivity index (χ1n) is 6.77. The zero-order chi connectivity index (χ0) is 10.5. The van der Waals surface area contributed by atoms with Crippen molar-refractivity contribution < 1.29 is 0 Å². The predicted molar refractivity (Wildman–Crippen MR) is 72.3 cm³/mol. The second-order valence-electron chi connectivity index (χ2n) is 5.57. The van der Waals surface area contributed by atoms with E-state index in [-0.39, 0.29) is 12.4 Å². The van der Waals surface area contributed by atoms with Gasteiger partial charge in [0.05, 0.1) is 0 Å². The van der Waals surface area contributed by atoms with Crippen LogP contribution in [-0.4, -0.2) is 37.6 Å². The number of halogens is 1. The minimum atomic E-state index is 0. The molecule has 2 heterocycles. The Balaban J connectivity index is 0.00000128. The summed E-state index contributed by atoms with van der Waals surface area (Å²) in [6.45, 7) is 8.95. The maximum Gasteiger partial charge on any atom is 0.00219 e. The van der Waals surface area contributed by atoms with Gasteiger partial charge in [-0.1, -0.05) is 13.3 Å². The van der Waals surface area contributed by atoms with Crippen molar-refractivity contribution >= 4 is 12.4 Å². The van der Waals surface area contributed by atoms with E-state index in [9.17, 15) is 0 Å². The van der Waals surface area contributed by atoms with Gasteiger partial charge in [0.2, 0.25) is 0 Å². The first-order valence-corrected chi connectivity index (χ1v) is 6.77. The molecular weight excluding hydrogens is 220 g/mol. The SMILES string of the molecule is CC1CCCCN(CC2CCCNC2)C1.Cl. The second kappa shape index (κ2) is 7.52. The summed E-state index contributed by atoms with van der Waals surface area (Å²) in [5.74, 6) is 1.84. The fraction of sp³-hybridized carbons (Fsp3) is 1.00. The van der Waals surface area contributed by atoms with E-state index < -0.39 is 0 Å². The molecule has 2 atom stereocenters. The third-order valence-electron chi connectivity index (χ3n) is 3.91. The van der Waals surface area contributed by atoms with Gasteiger partial charge in [0.15, 0.2) is 0 Å². The highest BCUT2D eigenvalue weighted by atomic mass is 35.5. The van der Waals surface area contributed by atoms with E-state index in [1.807, 2.05) is 0 Å². The highest BCUT2D eigenvalue weighted by Gasteiger charge is 2.19. The molecule has 0 bridgehead atoms. The average molecular weight is 247 g/mol. The van der Waals surface area contributed by atoms with Crippen LogP contribution in [0.1, 0.15) is 39.0 Å². The zero-order valence-corrected chi connectivity index (χ0v) is 11.4. The van der Waals surface area contributed by atoms with E-state index in [1.165, 1.54) is 64.8 Å². The largest absolute Gasteiger partial charge is 0.316 e. The first-order chi connectivity index (χ1) is 7.34. The van der Waals surface area contributed by atoms with Crippen molar-refractivity contribution in [2.24, 2.45) is 11.8 Å². The second-order valence-corrected chi connectivity index (χ2v) is 5.57. The van der Waals surface area contributed by atoms with Gasteiger partial charge in [0.1, 0.15) is 0 Å². The number of nitrogens with zero attached hydrogens (tertiary/aromatic N) is 1. The molecule has 96 valence electrons. The molecule has 2 saturated heterocycles. The summed E-state index contributed by atoms with van der Waals surface area (Å²) in [4.78, 5) is 2.72. The molecule has 0 aliphatic carbocycles. The Morgan fingerprint density at radius 2 is 2.06 bits per heavy atom. The van der Waals surface area contributed by atoms with Gasteiger partial charge in [-0.15, -0.1) is 12.4 Å². The summed E-state index contributed by atoms with van der Waals surface area (Å²) in [6.07, 6.45) is 7.14. The van der Waals surface area contributed by atoms with Crippen LogP contribution < -0.4 is 5.32 Å². The van der Waals surface area contributed by atoms with Crippen LogP contribution in [0.25, 0.3) is 0 Å². The fourth-order valence-electron chi connectivity index (χ4n) is 3.06. The van der Waals surface area contributed by atoms with Crippen LogP contribution in [0.15, 0.2) is 0 Å². The van der Waals surface area contributed by atoms with E-state index in [1.54, 1.807) is 0 Å². The first kappa shape index (κ1) is 14.3. The van der Waals surface area contributed by atoms with Crippen molar-refractivity contribution in [3.63, 3.8) is 0 Å². The molecule has 0 spiro atoms. The molecule has 2 nitrogen and oxygen atoms in total. The Bertz CT molecular complexity index is 181. The molecule has 2 fully saturated rings. The molecule has 0 amide bonds. The van der Waals surface area contributed by atoms with E-state index >= 15 is 0 Å². The lowest BCUT2D eigenvalue weighted by Gasteiger charge is -2.30. The van der Waals surface area contributed by atoms with E-state index in [4.69, 9.17) is 0 Å². The van der Waals surface area contributed by atoms with Gasteiger partial charge >= 0.3 is 0 Å². The minimum Gasteiger partial charge on any atom is -0.316 e. The summed E-state index contributed by atoms with van der Waals surface area (Å²) in [6, 6.07) is 0. The van der Waals surface area contributed by atoms with Crippen LogP contribution in [0.2, 0.25) is 0 Å². The third kappa shape index (κ3) is 4.60. The van der Waals surface area contributed by atoms with Crippen molar-refractivity contribution in [3.8, 4) is 0 Å². The Labute approximate surface area is 107 Å². The van der Waals surface area contributed by atoms with Crippen molar-refractivity contribution in [1.82, 2.24) is 10.2 Å². The van der Waals surface area contributed by atoms with Crippen LogP contribution in [0.3, 0.4) is 0 Å². The molecule has 2 unspecified atom stereocenters. The topological polar surface area (TPSA) is 15.3 Å². The standard InChI is InChI=1S/C13H26N2.ClH/c1-12-5-2-3-8-15(10-12)11-13-6-4-7-14-9-13;/h12-14H,2-11H2,1H3;1H. The number of piperidine rings is 1. The van der Waals surface area contributed by atoms with Gasteiger partial charge < -0.3 is 10.2 Å². The van der Waals surface area contributed by atoms with Gasteiger partial charge in [-0.25, -0.2) is 0 Å². The summed E-state index contributed by atoms with van der Waals surface area (Å²) in [7, 11) is 0. The molecule has 3 heteroatoms. The third-order valence-corrected chi connectivity index (χ3v) is 3.91. The van der Waals surface area contributed by atoms with Crippen LogP contribution in [0.4, 0.5) is 0 Å². The summed E-state index contributed by atoms with van der Waals surface area (Å²) in [5.41, 5.74) is 0. The normalized spacial score (nSPS) is 32.8. The van der Waals surface area contributed by atoms with Crippen LogP contribution in [0.5, 0.6) is 0 Å². The van der Waals surface area contributed by atoms with Crippen molar-refractivity contribution in [1.29, 1.82) is 0 Å². The molecule has 0 aromatic heterocycles. The van der Waals surface area contributed by atoms with E-state index in [0.717, 1.165) is 11.8 Å². The number of likely N-dealkylation sites (tertiary alicyclic amines) is 1. The van der Waals surface area contributed by atoms with Gasteiger partial charge in [-0.3, -0.25) is 0 Å². The number of hydrogen-bond donors (Lipinski definition) is 1. The van der Waals surface area contributed by atoms with Crippen LogP contribution >= 0.6 is 12.4 Å². The van der Waals surface area contributed by atoms with Gasteiger partial charge in [0.25, 0.3) is 0 Å². The van der Waals surface area contributed by atoms with E-state index in [2.05, 4.69) is 17.1 Å². The van der Waals surface area contributed by atoms with Crippen molar-refractivity contribution in [3.05, 3.63) is 0 Å². The Morgan fingerprint density at radius 1 is 1.19 bits per heavy atom. The summed E-state index contributed by atoms with van der Waals surface area (Å²) >= 11 is 0. The lowest BCUT2D eigenvalue weighted by molar-refractivity contribution is 0.198. The fourth-order valence-corrected chi connectivity index (χ4v) is 3.06. The Morgan fingerprint density at radius 3 is 2.81 bits per heavy atom. The summed E-state index contributed by atoms with van der Waals surface area (Å²) < 4.78 is 0. The molecule has 2 rings (SSSR count). The highest BCUT2D eigenvalue weighted by molar-refractivity contribution is 5.85. The monoisotopic (exact) mass is 246 g/mol. The summed E-state index contributed by atoms with van der Waals surface area (Å²) in [5, 5.41) is 3.52. The molecule has 16 heavy (non-hydrogen) atoms. The molecule has 2 aliphatic heterocycles. The molecular formula is C13H27ClN2. The predicted octanol–water partition coefficient (Wildman–Crippen LogP) is 2.53. The smallest absolute Gasteiger partial charge is 0.00219 e. The number of nitrogens with one attached hydrogen (secondary N) is 1. The van der Waals surface area contributed by atoms with Crippen LogP contribution in [-0.2, 0) is 0 Å². The maximum absolute atomic E-state index is 3.52. The molecule has 1 N–H and O–H groups in total.